The zero-order valence-electron chi connectivity index (χ0n) is 18.2. The zero-order valence-corrected chi connectivity index (χ0v) is 18.2. The third kappa shape index (κ3) is 1.88. The molecule has 1 heteroatoms. The average molecular weight is 421 g/mol. The van der Waals surface area contributed by atoms with Crippen LogP contribution in [0.25, 0.3) is 44.2 Å². The van der Waals surface area contributed by atoms with E-state index in [4.69, 9.17) is 4.42 Å². The highest BCUT2D eigenvalue weighted by molar-refractivity contribution is 6.16. The van der Waals surface area contributed by atoms with Crippen molar-refractivity contribution in [3.63, 3.8) is 0 Å². The summed E-state index contributed by atoms with van der Waals surface area (Å²) in [5.74, 6) is 0. The van der Waals surface area contributed by atoms with Gasteiger partial charge in [0.2, 0.25) is 0 Å². The minimum atomic E-state index is -0.310. The third-order valence-corrected chi connectivity index (χ3v) is 7.82. The number of fused-ring (bicyclic) bond motifs is 14. The molecule has 2 aliphatic rings. The Balaban J connectivity index is 1.66. The van der Waals surface area contributed by atoms with Gasteiger partial charge >= 0.3 is 0 Å². The molecule has 0 saturated carbocycles. The van der Waals surface area contributed by atoms with E-state index >= 15 is 0 Å². The zero-order chi connectivity index (χ0) is 21.7. The van der Waals surface area contributed by atoms with Crippen molar-refractivity contribution in [2.75, 3.05) is 0 Å². The number of aryl methyl sites for hydroxylation is 1. The van der Waals surface area contributed by atoms with Crippen molar-refractivity contribution < 1.29 is 4.42 Å². The largest absolute Gasteiger partial charge is 0.456 e. The van der Waals surface area contributed by atoms with Crippen LogP contribution in [0.15, 0.2) is 108 Å². The first kappa shape index (κ1) is 17.5. The number of para-hydroxylation sites is 1. The molecule has 0 aliphatic heterocycles. The molecule has 0 N–H and O–H groups in total. The van der Waals surface area contributed by atoms with Crippen molar-refractivity contribution in [1.82, 2.24) is 0 Å². The number of benzene rings is 5. The van der Waals surface area contributed by atoms with Crippen molar-refractivity contribution >= 4 is 21.9 Å². The Morgan fingerprint density at radius 3 is 2.12 bits per heavy atom. The summed E-state index contributed by atoms with van der Waals surface area (Å²) >= 11 is 0. The molecule has 1 aromatic heterocycles. The average Bonchev–Trinajstić information content (AvgIpc) is 3.48. The van der Waals surface area contributed by atoms with E-state index in [9.17, 15) is 0 Å². The van der Waals surface area contributed by atoms with Gasteiger partial charge < -0.3 is 4.42 Å². The molecule has 0 fully saturated rings. The standard InChI is InChI=1S/C32H20O/c1-19-9-8-13-21-20-10-2-5-14-24(20)32(31(19)21)25-15-6-3-11-22(25)29-26(32)17-18-28-30(29)23-12-4-7-16-27(23)33-28/h2-18H,1H3. The van der Waals surface area contributed by atoms with Crippen LogP contribution in [-0.4, -0.2) is 0 Å². The van der Waals surface area contributed by atoms with Gasteiger partial charge in [0, 0.05) is 10.8 Å². The van der Waals surface area contributed by atoms with Crippen LogP contribution < -0.4 is 0 Å². The van der Waals surface area contributed by atoms with Gasteiger partial charge in [0.25, 0.3) is 0 Å². The Bertz CT molecular complexity index is 1780. The minimum absolute atomic E-state index is 0.310. The van der Waals surface area contributed by atoms with Crippen molar-refractivity contribution in [3.8, 4) is 22.3 Å². The number of rotatable bonds is 0. The van der Waals surface area contributed by atoms with Crippen LogP contribution in [0.5, 0.6) is 0 Å². The first-order valence-corrected chi connectivity index (χ1v) is 11.5. The van der Waals surface area contributed by atoms with E-state index in [0.717, 1.165) is 11.2 Å². The molecule has 0 amide bonds. The summed E-state index contributed by atoms with van der Waals surface area (Å²) < 4.78 is 6.31. The minimum Gasteiger partial charge on any atom is -0.456 e. The fourth-order valence-corrected chi connectivity index (χ4v) is 6.71. The van der Waals surface area contributed by atoms with Crippen molar-refractivity contribution in [2.45, 2.75) is 12.3 Å². The Morgan fingerprint density at radius 2 is 1.24 bits per heavy atom. The van der Waals surface area contributed by atoms with Gasteiger partial charge in [-0.05, 0) is 69.1 Å². The molecule has 8 rings (SSSR count). The SMILES string of the molecule is Cc1cccc2c1C1(c3ccccc3-2)c2ccccc2-c2c1ccc1oc3ccccc3c21. The molecule has 33 heavy (non-hydrogen) atoms. The number of furan rings is 1. The summed E-state index contributed by atoms with van der Waals surface area (Å²) in [6.45, 7) is 2.26. The molecule has 2 aliphatic carbocycles. The van der Waals surface area contributed by atoms with Crippen LogP contribution in [0.4, 0.5) is 0 Å². The smallest absolute Gasteiger partial charge is 0.136 e. The molecule has 1 nitrogen and oxygen atoms in total. The monoisotopic (exact) mass is 420 g/mol. The van der Waals surface area contributed by atoms with Crippen LogP contribution in [0.2, 0.25) is 0 Å². The van der Waals surface area contributed by atoms with Gasteiger partial charge in [-0.25, -0.2) is 0 Å². The topological polar surface area (TPSA) is 13.1 Å². The molecular formula is C32H20O. The maximum Gasteiger partial charge on any atom is 0.136 e. The summed E-state index contributed by atoms with van der Waals surface area (Å²) in [7, 11) is 0. The lowest BCUT2D eigenvalue weighted by atomic mass is 9.69. The van der Waals surface area contributed by atoms with Gasteiger partial charge in [0.15, 0.2) is 0 Å². The lowest BCUT2D eigenvalue weighted by molar-refractivity contribution is 0.668. The third-order valence-electron chi connectivity index (χ3n) is 7.82. The molecule has 6 aromatic rings. The molecule has 1 heterocycles. The molecule has 5 aromatic carbocycles. The van der Waals surface area contributed by atoms with Crippen LogP contribution in [0.3, 0.4) is 0 Å². The molecule has 0 radical (unpaired) electrons. The first-order chi connectivity index (χ1) is 16.3. The van der Waals surface area contributed by atoms with Gasteiger partial charge in [0.05, 0.1) is 5.41 Å². The molecule has 0 saturated heterocycles. The second kappa shape index (κ2) is 5.82. The summed E-state index contributed by atoms with van der Waals surface area (Å²) in [6, 6.07) is 37.6. The summed E-state index contributed by atoms with van der Waals surface area (Å²) in [4.78, 5) is 0. The van der Waals surface area contributed by atoms with E-state index in [2.05, 4.69) is 104 Å². The highest BCUT2D eigenvalue weighted by atomic mass is 16.3. The van der Waals surface area contributed by atoms with Gasteiger partial charge in [-0.3, -0.25) is 0 Å². The van der Waals surface area contributed by atoms with E-state index in [1.54, 1.807) is 0 Å². The maximum atomic E-state index is 6.31. The predicted molar refractivity (Wildman–Crippen MR) is 135 cm³/mol. The lowest BCUT2D eigenvalue weighted by Gasteiger charge is -2.31. The highest BCUT2D eigenvalue weighted by Crippen LogP contribution is 2.64. The van der Waals surface area contributed by atoms with E-state index < -0.39 is 0 Å². The van der Waals surface area contributed by atoms with Gasteiger partial charge in [-0.15, -0.1) is 0 Å². The molecule has 0 bridgehead atoms. The van der Waals surface area contributed by atoms with E-state index in [1.807, 2.05) is 6.07 Å². The molecule has 1 unspecified atom stereocenters. The summed E-state index contributed by atoms with van der Waals surface area (Å²) in [5, 5.41) is 2.42. The van der Waals surface area contributed by atoms with Crippen molar-refractivity contribution in [1.29, 1.82) is 0 Å². The summed E-state index contributed by atoms with van der Waals surface area (Å²) in [6.07, 6.45) is 0. The van der Waals surface area contributed by atoms with Crippen LogP contribution in [0, 0.1) is 6.92 Å². The van der Waals surface area contributed by atoms with Crippen LogP contribution >= 0.6 is 0 Å². The molecular weight excluding hydrogens is 400 g/mol. The molecule has 1 spiro atoms. The van der Waals surface area contributed by atoms with Gasteiger partial charge in [-0.2, -0.15) is 0 Å². The Morgan fingerprint density at radius 1 is 0.545 bits per heavy atom. The Kier molecular flexibility index (Phi) is 3.08. The van der Waals surface area contributed by atoms with E-state index in [0.29, 0.717) is 0 Å². The van der Waals surface area contributed by atoms with Crippen LogP contribution in [-0.2, 0) is 5.41 Å². The fourth-order valence-electron chi connectivity index (χ4n) is 6.71. The second-order valence-electron chi connectivity index (χ2n) is 9.30. The Labute approximate surface area is 191 Å². The predicted octanol–water partition coefficient (Wildman–Crippen LogP) is 8.24. The van der Waals surface area contributed by atoms with Gasteiger partial charge in [-0.1, -0.05) is 91.0 Å². The maximum absolute atomic E-state index is 6.31. The highest BCUT2D eigenvalue weighted by Gasteiger charge is 2.52. The fraction of sp³-hybridized carbons (Fsp3) is 0.0625. The normalized spacial score (nSPS) is 17.4. The molecule has 154 valence electrons. The van der Waals surface area contributed by atoms with Crippen LogP contribution in [0.1, 0.15) is 27.8 Å². The number of hydrogen-bond acceptors (Lipinski definition) is 1. The number of hydrogen-bond donors (Lipinski definition) is 0. The van der Waals surface area contributed by atoms with Gasteiger partial charge in [0.1, 0.15) is 11.2 Å². The lowest BCUT2D eigenvalue weighted by Crippen LogP contribution is -2.26. The molecule has 1 atom stereocenters. The second-order valence-corrected chi connectivity index (χ2v) is 9.30. The van der Waals surface area contributed by atoms with E-state index in [1.165, 1.54) is 60.8 Å². The van der Waals surface area contributed by atoms with E-state index in [-0.39, 0.29) is 5.41 Å². The Hall–Kier alpha value is -4.10. The summed E-state index contributed by atoms with van der Waals surface area (Å²) in [5.41, 5.74) is 13.8. The first-order valence-electron chi connectivity index (χ1n) is 11.5. The van der Waals surface area contributed by atoms with Crippen molar-refractivity contribution in [2.24, 2.45) is 0 Å². The quantitative estimate of drug-likeness (QED) is 0.241. The van der Waals surface area contributed by atoms with Crippen molar-refractivity contribution in [3.05, 3.63) is 131 Å².